The third-order valence-electron chi connectivity index (χ3n) is 7.72. The van der Waals surface area contributed by atoms with Gasteiger partial charge in [0.2, 0.25) is 0 Å². The minimum atomic E-state index is -0.330. The van der Waals surface area contributed by atoms with Crippen molar-refractivity contribution in [3.05, 3.63) is 40.5 Å². The van der Waals surface area contributed by atoms with Crippen LogP contribution in [-0.2, 0) is 9.47 Å². The number of rotatable bonds is 9. The maximum absolute atomic E-state index is 12.7. The van der Waals surface area contributed by atoms with Crippen LogP contribution < -0.4 is 4.90 Å². The molecule has 0 bridgehead atoms. The van der Waals surface area contributed by atoms with Crippen LogP contribution in [0.25, 0.3) is 0 Å². The van der Waals surface area contributed by atoms with Crippen LogP contribution in [0.3, 0.4) is 0 Å². The van der Waals surface area contributed by atoms with Gasteiger partial charge in [-0.15, -0.1) is 0 Å². The van der Waals surface area contributed by atoms with Gasteiger partial charge in [0.1, 0.15) is 0 Å². The minimum absolute atomic E-state index is 0.0958. The molecule has 1 aromatic carbocycles. The summed E-state index contributed by atoms with van der Waals surface area (Å²) in [5.74, 6) is -0.215. The van der Waals surface area contributed by atoms with Gasteiger partial charge >= 0.3 is 5.97 Å². The molecule has 2 fully saturated rings. The molecule has 0 aromatic heterocycles. The molecule has 7 heteroatoms. The molecule has 0 saturated carbocycles. The maximum Gasteiger partial charge on any atom is 0.338 e. The molecule has 2 aliphatic heterocycles. The van der Waals surface area contributed by atoms with Crippen LogP contribution in [0.2, 0.25) is 0 Å². The van der Waals surface area contributed by atoms with Crippen LogP contribution in [0, 0.1) is 18.3 Å². The van der Waals surface area contributed by atoms with Crippen molar-refractivity contribution >= 4 is 17.9 Å². The first-order valence-corrected chi connectivity index (χ1v) is 12.7. The first-order valence-electron chi connectivity index (χ1n) is 12.7. The fourth-order valence-corrected chi connectivity index (χ4v) is 5.57. The van der Waals surface area contributed by atoms with Crippen LogP contribution in [-0.4, -0.2) is 80.8 Å². The number of carbonyl (C=O) groups excluding carboxylic acids is 1. The SMILES string of the molecule is CCN(c1cc(C(C=N)C2C=C2CN2CCC(O)CC2)cc(C(=O)OC)c1C)C1CCOCC1. The lowest BCUT2D eigenvalue weighted by Crippen LogP contribution is -2.40. The fourth-order valence-electron chi connectivity index (χ4n) is 5.57. The van der Waals surface area contributed by atoms with E-state index in [2.05, 4.69) is 28.9 Å². The van der Waals surface area contributed by atoms with Crippen molar-refractivity contribution in [2.24, 2.45) is 5.92 Å². The number of nitrogens with zero attached hydrogens (tertiary/aromatic N) is 2. The molecule has 2 saturated heterocycles. The van der Waals surface area contributed by atoms with Gasteiger partial charge in [0, 0.05) is 69.2 Å². The molecule has 34 heavy (non-hydrogen) atoms. The van der Waals surface area contributed by atoms with E-state index < -0.39 is 0 Å². The van der Waals surface area contributed by atoms with Gasteiger partial charge in [0.15, 0.2) is 0 Å². The number of aliphatic hydroxyl groups is 1. The minimum Gasteiger partial charge on any atom is -0.465 e. The Kier molecular flexibility index (Phi) is 8.06. The van der Waals surface area contributed by atoms with Crippen molar-refractivity contribution < 1.29 is 19.4 Å². The van der Waals surface area contributed by atoms with E-state index in [1.165, 1.54) is 18.9 Å². The van der Waals surface area contributed by atoms with Crippen molar-refractivity contribution in [3.8, 4) is 0 Å². The van der Waals surface area contributed by atoms with Gasteiger partial charge in [0.25, 0.3) is 0 Å². The number of allylic oxidation sites excluding steroid dienone is 1. The zero-order valence-electron chi connectivity index (χ0n) is 20.8. The molecular weight excluding hydrogens is 430 g/mol. The first kappa shape index (κ1) is 24.9. The molecule has 0 radical (unpaired) electrons. The standard InChI is InChI=1S/C27H39N3O4/c1-4-30(21-7-11-34-12-8-21)26-15-19(13-23(18(26)2)27(32)33-3)25(16-28)24-14-20(24)17-29-9-5-22(31)6-10-29/h13-16,21-22,24-25,28,31H,4-12,17H2,1-3H3. The highest BCUT2D eigenvalue weighted by atomic mass is 16.5. The zero-order valence-corrected chi connectivity index (χ0v) is 20.8. The third kappa shape index (κ3) is 5.37. The monoisotopic (exact) mass is 469 g/mol. The molecule has 4 rings (SSSR count). The summed E-state index contributed by atoms with van der Waals surface area (Å²) in [6.07, 6.45) is 7.21. The van der Waals surface area contributed by atoms with Crippen LogP contribution in [0.1, 0.15) is 60.0 Å². The van der Waals surface area contributed by atoms with Gasteiger partial charge < -0.3 is 24.9 Å². The Labute approximate surface area is 203 Å². The van der Waals surface area contributed by atoms with Crippen molar-refractivity contribution in [1.29, 1.82) is 5.41 Å². The molecule has 0 spiro atoms. The molecule has 2 N–H and O–H groups in total. The number of carbonyl (C=O) groups is 1. The van der Waals surface area contributed by atoms with Gasteiger partial charge in [-0.2, -0.15) is 0 Å². The summed E-state index contributed by atoms with van der Waals surface area (Å²) in [6, 6.07) is 4.50. The average molecular weight is 470 g/mol. The highest BCUT2D eigenvalue weighted by molar-refractivity contribution is 5.93. The number of methoxy groups -OCH3 is 1. The van der Waals surface area contributed by atoms with Crippen LogP contribution >= 0.6 is 0 Å². The van der Waals surface area contributed by atoms with Gasteiger partial charge in [-0.25, -0.2) is 4.79 Å². The Hall–Kier alpha value is -2.22. The average Bonchev–Trinajstić information content (AvgIpc) is 3.61. The lowest BCUT2D eigenvalue weighted by Gasteiger charge is -2.37. The van der Waals surface area contributed by atoms with Gasteiger partial charge in [-0.3, -0.25) is 4.90 Å². The van der Waals surface area contributed by atoms with E-state index in [9.17, 15) is 9.90 Å². The van der Waals surface area contributed by atoms with E-state index in [1.54, 1.807) is 0 Å². The number of esters is 1. The lowest BCUT2D eigenvalue weighted by molar-refractivity contribution is 0.0599. The summed E-state index contributed by atoms with van der Waals surface area (Å²) in [7, 11) is 1.42. The van der Waals surface area contributed by atoms with Crippen molar-refractivity contribution in [1.82, 2.24) is 4.90 Å². The molecule has 3 aliphatic rings. The molecule has 1 aromatic rings. The topological polar surface area (TPSA) is 86.1 Å². The summed E-state index contributed by atoms with van der Waals surface area (Å²) >= 11 is 0. The number of likely N-dealkylation sites (tertiary alicyclic amines) is 1. The number of anilines is 1. The Morgan fingerprint density at radius 2 is 2.00 bits per heavy atom. The number of ether oxygens (including phenoxy) is 2. The van der Waals surface area contributed by atoms with Crippen LogP contribution in [0.4, 0.5) is 5.69 Å². The first-order chi connectivity index (χ1) is 16.5. The van der Waals surface area contributed by atoms with Crippen molar-refractivity contribution in [3.63, 3.8) is 0 Å². The number of aliphatic hydroxyl groups excluding tert-OH is 1. The molecule has 0 amide bonds. The fraction of sp³-hybridized carbons (Fsp3) is 0.630. The zero-order chi connectivity index (χ0) is 24.2. The largest absolute Gasteiger partial charge is 0.465 e. The number of hydrogen-bond acceptors (Lipinski definition) is 7. The lowest BCUT2D eigenvalue weighted by atomic mass is 9.88. The predicted molar refractivity (Wildman–Crippen MR) is 134 cm³/mol. The number of hydrogen-bond donors (Lipinski definition) is 2. The second kappa shape index (κ2) is 11.0. The maximum atomic E-state index is 12.7. The third-order valence-corrected chi connectivity index (χ3v) is 7.72. The summed E-state index contributed by atoms with van der Waals surface area (Å²) in [5, 5.41) is 18.0. The Bertz CT molecular complexity index is 917. The van der Waals surface area contributed by atoms with Gasteiger partial charge in [-0.05, 0) is 62.8 Å². The van der Waals surface area contributed by atoms with Gasteiger partial charge in [-0.1, -0.05) is 11.6 Å². The van der Waals surface area contributed by atoms with E-state index in [4.69, 9.17) is 14.9 Å². The van der Waals surface area contributed by atoms with Crippen molar-refractivity contribution in [2.75, 3.05) is 51.4 Å². The molecule has 7 nitrogen and oxygen atoms in total. The van der Waals surface area contributed by atoms with E-state index in [-0.39, 0.29) is 23.9 Å². The Morgan fingerprint density at radius 1 is 1.29 bits per heavy atom. The summed E-state index contributed by atoms with van der Waals surface area (Å²) in [4.78, 5) is 17.5. The predicted octanol–water partition coefficient (Wildman–Crippen LogP) is 3.53. The van der Waals surface area contributed by atoms with Crippen LogP contribution in [0.5, 0.6) is 0 Å². The van der Waals surface area contributed by atoms with E-state index in [0.29, 0.717) is 11.6 Å². The highest BCUT2D eigenvalue weighted by Gasteiger charge is 2.36. The molecule has 1 aliphatic carbocycles. The van der Waals surface area contributed by atoms with E-state index in [0.717, 1.165) is 81.9 Å². The molecule has 2 unspecified atom stereocenters. The molecule has 2 heterocycles. The summed E-state index contributed by atoms with van der Waals surface area (Å²) < 4.78 is 10.7. The smallest absolute Gasteiger partial charge is 0.338 e. The number of piperidine rings is 1. The van der Waals surface area contributed by atoms with E-state index in [1.807, 2.05) is 13.0 Å². The number of nitrogens with one attached hydrogen (secondary N) is 1. The molecular formula is C27H39N3O4. The highest BCUT2D eigenvalue weighted by Crippen LogP contribution is 2.43. The second-order valence-electron chi connectivity index (χ2n) is 9.80. The van der Waals surface area contributed by atoms with Crippen molar-refractivity contribution in [2.45, 2.75) is 57.6 Å². The van der Waals surface area contributed by atoms with Crippen LogP contribution in [0.15, 0.2) is 23.8 Å². The molecule has 2 atom stereocenters. The second-order valence-corrected chi connectivity index (χ2v) is 9.80. The summed E-state index contributed by atoms with van der Waals surface area (Å²) in [6.45, 7) is 9.25. The quantitative estimate of drug-likeness (QED) is 0.327. The Balaban J connectivity index is 1.59. The van der Waals surface area contributed by atoms with Gasteiger partial charge in [0.05, 0.1) is 18.8 Å². The molecule has 186 valence electrons. The number of benzene rings is 1. The van der Waals surface area contributed by atoms with E-state index >= 15 is 0 Å². The Morgan fingerprint density at radius 3 is 2.62 bits per heavy atom. The normalized spacial score (nSPS) is 22.7. The summed E-state index contributed by atoms with van der Waals surface area (Å²) in [5.41, 5.74) is 4.92.